The predicted octanol–water partition coefficient (Wildman–Crippen LogP) is 0.318. The number of aromatic nitrogens is 4. The van der Waals surface area contributed by atoms with Crippen molar-refractivity contribution in [2.24, 2.45) is 0 Å². The van der Waals surface area contributed by atoms with Crippen LogP contribution in [0.15, 0.2) is 24.5 Å². The number of carboxylic acid groups (broad SMARTS) is 1. The maximum absolute atomic E-state index is 11.7. The van der Waals surface area contributed by atoms with Gasteiger partial charge in [0.2, 0.25) is 5.91 Å². The second kappa shape index (κ2) is 5.25. The molecule has 8 nitrogen and oxygen atoms in total. The molecular formula is C11H11N5O3. The predicted molar refractivity (Wildman–Crippen MR) is 64.6 cm³/mol. The molecule has 1 aromatic carbocycles. The van der Waals surface area contributed by atoms with E-state index < -0.39 is 5.97 Å². The fraction of sp³-hybridized carbons (Fsp3) is 0.182. The Morgan fingerprint density at radius 1 is 1.42 bits per heavy atom. The van der Waals surface area contributed by atoms with Crippen molar-refractivity contribution in [1.29, 1.82) is 0 Å². The summed E-state index contributed by atoms with van der Waals surface area (Å²) in [6, 6.07) is 4.48. The van der Waals surface area contributed by atoms with Gasteiger partial charge in [0, 0.05) is 5.69 Å². The molecular weight excluding hydrogens is 250 g/mol. The van der Waals surface area contributed by atoms with E-state index in [1.54, 1.807) is 13.0 Å². The standard InChI is InChI=1S/C11H11N5O3/c1-7-4-8(11(18)19)2-3-9(7)13-10(17)5-16-6-12-14-15-16/h2-4,6H,5H2,1H3,(H,13,17)(H,18,19). The molecule has 1 aromatic heterocycles. The molecule has 98 valence electrons. The lowest BCUT2D eigenvalue weighted by atomic mass is 10.1. The molecule has 1 amide bonds. The van der Waals surface area contributed by atoms with E-state index >= 15 is 0 Å². The fourth-order valence-electron chi connectivity index (χ4n) is 1.53. The number of hydrogen-bond acceptors (Lipinski definition) is 5. The van der Waals surface area contributed by atoms with Crippen LogP contribution in [0.25, 0.3) is 0 Å². The topological polar surface area (TPSA) is 110 Å². The molecule has 0 saturated carbocycles. The molecule has 1 heterocycles. The van der Waals surface area contributed by atoms with Crippen molar-refractivity contribution in [2.45, 2.75) is 13.5 Å². The number of aromatic carboxylic acids is 1. The molecule has 0 aliphatic rings. The minimum absolute atomic E-state index is 0.00682. The number of aryl methyl sites for hydroxylation is 1. The van der Waals surface area contributed by atoms with Gasteiger partial charge in [-0.2, -0.15) is 0 Å². The zero-order chi connectivity index (χ0) is 13.8. The Morgan fingerprint density at radius 3 is 2.79 bits per heavy atom. The van der Waals surface area contributed by atoms with Gasteiger partial charge < -0.3 is 10.4 Å². The number of amides is 1. The molecule has 0 saturated heterocycles. The quantitative estimate of drug-likeness (QED) is 0.820. The van der Waals surface area contributed by atoms with Crippen molar-refractivity contribution in [3.8, 4) is 0 Å². The van der Waals surface area contributed by atoms with Crippen LogP contribution in [-0.4, -0.2) is 37.2 Å². The maximum atomic E-state index is 11.7. The average molecular weight is 261 g/mol. The van der Waals surface area contributed by atoms with Crippen LogP contribution in [0.2, 0.25) is 0 Å². The van der Waals surface area contributed by atoms with E-state index in [4.69, 9.17) is 5.11 Å². The number of benzene rings is 1. The molecule has 0 atom stereocenters. The van der Waals surface area contributed by atoms with E-state index in [-0.39, 0.29) is 18.0 Å². The first-order valence-corrected chi connectivity index (χ1v) is 5.41. The van der Waals surface area contributed by atoms with Gasteiger partial charge in [-0.05, 0) is 41.1 Å². The molecule has 0 spiro atoms. The molecule has 0 bridgehead atoms. The summed E-state index contributed by atoms with van der Waals surface area (Å²) in [4.78, 5) is 22.5. The van der Waals surface area contributed by atoms with E-state index in [2.05, 4.69) is 20.8 Å². The number of carbonyl (C=O) groups excluding carboxylic acids is 1. The highest BCUT2D eigenvalue weighted by atomic mass is 16.4. The third-order valence-electron chi connectivity index (χ3n) is 2.44. The molecule has 0 fully saturated rings. The van der Waals surface area contributed by atoms with E-state index in [1.165, 1.54) is 23.1 Å². The molecule has 0 aliphatic carbocycles. The first-order valence-electron chi connectivity index (χ1n) is 5.41. The van der Waals surface area contributed by atoms with Crippen LogP contribution in [0.5, 0.6) is 0 Å². The van der Waals surface area contributed by atoms with E-state index in [1.807, 2.05) is 0 Å². The largest absolute Gasteiger partial charge is 0.478 e. The van der Waals surface area contributed by atoms with Gasteiger partial charge in [0.05, 0.1) is 5.56 Å². The number of tetrazole rings is 1. The number of nitrogens with one attached hydrogen (secondary N) is 1. The van der Waals surface area contributed by atoms with E-state index in [0.29, 0.717) is 11.3 Å². The Kier molecular flexibility index (Phi) is 3.51. The molecule has 0 radical (unpaired) electrons. The molecule has 0 unspecified atom stereocenters. The highest BCUT2D eigenvalue weighted by Crippen LogP contribution is 2.16. The number of carbonyl (C=O) groups is 2. The molecule has 8 heteroatoms. The zero-order valence-electron chi connectivity index (χ0n) is 10.1. The lowest BCUT2D eigenvalue weighted by Gasteiger charge is -2.08. The smallest absolute Gasteiger partial charge is 0.335 e. The highest BCUT2D eigenvalue weighted by Gasteiger charge is 2.09. The van der Waals surface area contributed by atoms with Crippen molar-refractivity contribution in [3.05, 3.63) is 35.7 Å². The molecule has 19 heavy (non-hydrogen) atoms. The molecule has 2 N–H and O–H groups in total. The first-order chi connectivity index (χ1) is 9.06. The Labute approximate surface area is 108 Å². The van der Waals surface area contributed by atoms with Crippen LogP contribution in [0.4, 0.5) is 5.69 Å². The summed E-state index contributed by atoms with van der Waals surface area (Å²) in [7, 11) is 0. The first kappa shape index (κ1) is 12.7. The lowest BCUT2D eigenvalue weighted by molar-refractivity contribution is -0.116. The van der Waals surface area contributed by atoms with Gasteiger partial charge in [-0.1, -0.05) is 0 Å². The monoisotopic (exact) mass is 261 g/mol. The average Bonchev–Trinajstić information content (AvgIpc) is 2.84. The van der Waals surface area contributed by atoms with Crippen molar-refractivity contribution >= 4 is 17.6 Å². The van der Waals surface area contributed by atoms with Gasteiger partial charge in [-0.15, -0.1) is 5.10 Å². The van der Waals surface area contributed by atoms with Crippen molar-refractivity contribution in [1.82, 2.24) is 20.2 Å². The normalized spacial score (nSPS) is 10.2. The van der Waals surface area contributed by atoms with Crippen LogP contribution in [0.3, 0.4) is 0 Å². The summed E-state index contributed by atoms with van der Waals surface area (Å²) < 4.78 is 1.29. The number of rotatable bonds is 4. The summed E-state index contributed by atoms with van der Waals surface area (Å²) in [6.45, 7) is 1.71. The minimum atomic E-state index is -1.00. The third-order valence-corrected chi connectivity index (χ3v) is 2.44. The summed E-state index contributed by atoms with van der Waals surface area (Å²) in [5, 5.41) is 21.9. The van der Waals surface area contributed by atoms with Crippen LogP contribution in [0.1, 0.15) is 15.9 Å². The Morgan fingerprint density at radius 2 is 2.21 bits per heavy atom. The van der Waals surface area contributed by atoms with Crippen LogP contribution in [0, 0.1) is 6.92 Å². The number of anilines is 1. The molecule has 2 rings (SSSR count). The summed E-state index contributed by atoms with van der Waals surface area (Å²) >= 11 is 0. The maximum Gasteiger partial charge on any atom is 0.335 e. The summed E-state index contributed by atoms with van der Waals surface area (Å²) in [6.07, 6.45) is 1.33. The fourth-order valence-corrected chi connectivity index (χ4v) is 1.53. The van der Waals surface area contributed by atoms with Gasteiger partial charge in [0.15, 0.2) is 0 Å². The number of nitrogens with zero attached hydrogens (tertiary/aromatic N) is 4. The Balaban J connectivity index is 2.07. The second-order valence-electron chi connectivity index (χ2n) is 3.89. The number of hydrogen-bond donors (Lipinski definition) is 2. The molecule has 2 aromatic rings. The Hall–Kier alpha value is -2.77. The van der Waals surface area contributed by atoms with E-state index in [9.17, 15) is 9.59 Å². The van der Waals surface area contributed by atoms with Crippen molar-refractivity contribution in [3.63, 3.8) is 0 Å². The molecule has 0 aliphatic heterocycles. The van der Waals surface area contributed by atoms with Gasteiger partial charge in [-0.25, -0.2) is 9.48 Å². The number of carboxylic acids is 1. The van der Waals surface area contributed by atoms with Crippen LogP contribution < -0.4 is 5.32 Å². The van der Waals surface area contributed by atoms with Crippen molar-refractivity contribution < 1.29 is 14.7 Å². The summed E-state index contributed by atoms with van der Waals surface area (Å²) in [5.41, 5.74) is 1.41. The van der Waals surface area contributed by atoms with Gasteiger partial charge in [0.1, 0.15) is 12.9 Å². The minimum Gasteiger partial charge on any atom is -0.478 e. The van der Waals surface area contributed by atoms with Crippen molar-refractivity contribution in [2.75, 3.05) is 5.32 Å². The Bertz CT molecular complexity index is 609. The van der Waals surface area contributed by atoms with Crippen LogP contribution >= 0.6 is 0 Å². The SMILES string of the molecule is Cc1cc(C(=O)O)ccc1NC(=O)Cn1cnnn1. The van der Waals surface area contributed by atoms with Crippen LogP contribution in [-0.2, 0) is 11.3 Å². The lowest BCUT2D eigenvalue weighted by Crippen LogP contribution is -2.19. The van der Waals surface area contributed by atoms with Gasteiger partial charge in [0.25, 0.3) is 0 Å². The van der Waals surface area contributed by atoms with Gasteiger partial charge >= 0.3 is 5.97 Å². The van der Waals surface area contributed by atoms with E-state index in [0.717, 1.165) is 0 Å². The highest BCUT2D eigenvalue weighted by molar-refractivity contribution is 5.93. The van der Waals surface area contributed by atoms with Gasteiger partial charge in [-0.3, -0.25) is 4.79 Å². The second-order valence-corrected chi connectivity index (χ2v) is 3.89. The third kappa shape index (κ3) is 3.12. The zero-order valence-corrected chi connectivity index (χ0v) is 10.1. The summed E-state index contributed by atoms with van der Waals surface area (Å²) in [5.74, 6) is -1.30.